The van der Waals surface area contributed by atoms with Crippen LogP contribution in [0.5, 0.6) is 0 Å². The van der Waals surface area contributed by atoms with Crippen LogP contribution in [0.25, 0.3) is 166 Å². The first-order chi connectivity index (χ1) is 41.5. The van der Waals surface area contributed by atoms with Gasteiger partial charge in [0.15, 0.2) is 0 Å². The topological polar surface area (TPSA) is 103 Å². The quantitative estimate of drug-likeness (QED) is 0.152. The van der Waals surface area contributed by atoms with Crippen LogP contribution >= 0.6 is 0 Å². The molecule has 17 aromatic rings. The van der Waals surface area contributed by atoms with Crippen LogP contribution in [-0.4, -0.2) is 39.9 Å². The fraction of sp³-hybridized carbons (Fsp3) is 0. The highest BCUT2D eigenvalue weighted by molar-refractivity contribution is 6.05. The van der Waals surface area contributed by atoms with E-state index < -0.39 is 0 Å². The second kappa shape index (κ2) is 20.3. The highest BCUT2D eigenvalue weighted by Gasteiger charge is 2.13. The molecule has 8 nitrogen and oxygen atoms in total. The lowest BCUT2D eigenvalue weighted by Crippen LogP contribution is -1.91. The van der Waals surface area contributed by atoms with E-state index in [2.05, 4.69) is 222 Å². The van der Waals surface area contributed by atoms with Gasteiger partial charge >= 0.3 is 0 Å². The summed E-state index contributed by atoms with van der Waals surface area (Å²) >= 11 is 0. The molecule has 0 spiro atoms. The van der Waals surface area contributed by atoms with Crippen LogP contribution in [0.3, 0.4) is 0 Å². The summed E-state index contributed by atoms with van der Waals surface area (Å²) in [5.41, 5.74) is 19.5. The minimum Gasteiger partial charge on any atom is -0.254 e. The molecule has 390 valence electrons. The van der Waals surface area contributed by atoms with E-state index in [0.717, 1.165) is 155 Å². The molecule has 0 bridgehead atoms. The molecule has 0 aliphatic rings. The molecule has 9 aromatic carbocycles. The van der Waals surface area contributed by atoms with E-state index in [1.165, 1.54) is 10.8 Å². The molecule has 0 saturated carbocycles. The fourth-order valence-electron chi connectivity index (χ4n) is 11.5. The molecule has 0 saturated heterocycles. The normalized spacial score (nSPS) is 11.6. The third-order valence-corrected chi connectivity index (χ3v) is 15.9. The van der Waals surface area contributed by atoms with E-state index in [-0.39, 0.29) is 0 Å². The van der Waals surface area contributed by atoms with Crippen molar-refractivity contribution in [1.82, 2.24) is 39.9 Å². The first kappa shape index (κ1) is 48.4. The predicted octanol–water partition coefficient (Wildman–Crippen LogP) is 18.9. The summed E-state index contributed by atoms with van der Waals surface area (Å²) in [5, 5.41) is 11.2. The molecule has 8 aromatic heterocycles. The Morgan fingerprint density at radius 3 is 1.06 bits per heavy atom. The Morgan fingerprint density at radius 1 is 0.167 bits per heavy atom. The van der Waals surface area contributed by atoms with Gasteiger partial charge in [-0.1, -0.05) is 176 Å². The molecule has 0 amide bonds. The van der Waals surface area contributed by atoms with E-state index in [1.807, 2.05) is 67.0 Å². The smallest absolute Gasteiger partial charge is 0.0972 e. The Bertz CT molecular complexity index is 5470. The maximum Gasteiger partial charge on any atom is 0.0972 e. The van der Waals surface area contributed by atoms with Crippen molar-refractivity contribution in [3.05, 3.63) is 279 Å². The SMILES string of the molecule is c1ccc(-c2ccc3cc(-c4ccc5ccc(-c6ccc7ccc8cccnc8c7n6)nc5c4)ccc3n2)cc1.c1ccc2cc(-c3ccc4cc(-c5ccc6ccc(-c7ccc8ccc9cccnc9c8n7)nc6c5)ccc4n3)ccc2c1. The van der Waals surface area contributed by atoms with Crippen molar-refractivity contribution in [3.8, 4) is 67.5 Å². The second-order valence-electron chi connectivity index (χ2n) is 21.2. The lowest BCUT2D eigenvalue weighted by Gasteiger charge is -2.09. The van der Waals surface area contributed by atoms with Gasteiger partial charge < -0.3 is 0 Å². The van der Waals surface area contributed by atoms with Crippen molar-refractivity contribution < 1.29 is 0 Å². The summed E-state index contributed by atoms with van der Waals surface area (Å²) in [5.74, 6) is 0. The zero-order valence-electron chi connectivity index (χ0n) is 45.1. The van der Waals surface area contributed by atoms with Gasteiger partial charge in [-0.25, -0.2) is 29.9 Å². The van der Waals surface area contributed by atoms with E-state index >= 15 is 0 Å². The zero-order chi connectivity index (χ0) is 55.5. The molecule has 0 radical (unpaired) electrons. The van der Waals surface area contributed by atoms with Crippen LogP contribution in [0.15, 0.2) is 279 Å². The van der Waals surface area contributed by atoms with E-state index in [9.17, 15) is 0 Å². The Labute approximate surface area is 482 Å². The number of benzene rings is 9. The number of pyridine rings is 8. The fourth-order valence-corrected chi connectivity index (χ4v) is 11.5. The molecule has 0 atom stereocenters. The van der Waals surface area contributed by atoms with E-state index in [4.69, 9.17) is 29.9 Å². The number of aromatic nitrogens is 8. The molecular formula is C76H46N8. The van der Waals surface area contributed by atoms with Crippen molar-refractivity contribution in [1.29, 1.82) is 0 Å². The number of hydrogen-bond acceptors (Lipinski definition) is 8. The lowest BCUT2D eigenvalue weighted by atomic mass is 10.0. The van der Waals surface area contributed by atoms with Gasteiger partial charge in [0.25, 0.3) is 0 Å². The molecule has 0 fully saturated rings. The summed E-state index contributed by atoms with van der Waals surface area (Å²) in [6, 6.07) is 92.5. The third kappa shape index (κ3) is 9.01. The predicted molar refractivity (Wildman–Crippen MR) is 345 cm³/mol. The van der Waals surface area contributed by atoms with Gasteiger partial charge in [0.05, 0.1) is 78.3 Å². The number of hydrogen-bond donors (Lipinski definition) is 0. The highest BCUT2D eigenvalue weighted by Crippen LogP contribution is 2.34. The van der Waals surface area contributed by atoms with Gasteiger partial charge in [0.1, 0.15) is 0 Å². The second-order valence-corrected chi connectivity index (χ2v) is 21.2. The summed E-state index contributed by atoms with van der Waals surface area (Å²) in [7, 11) is 0. The largest absolute Gasteiger partial charge is 0.254 e. The molecule has 8 heteroatoms. The molecule has 0 unspecified atom stereocenters. The Morgan fingerprint density at radius 2 is 0.512 bits per heavy atom. The molecule has 0 aliphatic carbocycles. The van der Waals surface area contributed by atoms with Crippen LogP contribution in [0.4, 0.5) is 0 Å². The van der Waals surface area contributed by atoms with E-state index in [0.29, 0.717) is 0 Å². The highest BCUT2D eigenvalue weighted by atomic mass is 14.8. The molecule has 17 rings (SSSR count). The molecule has 84 heavy (non-hydrogen) atoms. The molecule has 8 heterocycles. The maximum absolute atomic E-state index is 5.05. The van der Waals surface area contributed by atoms with Crippen LogP contribution < -0.4 is 0 Å². The van der Waals surface area contributed by atoms with Gasteiger partial charge in [-0.3, -0.25) is 9.97 Å². The van der Waals surface area contributed by atoms with Gasteiger partial charge in [-0.05, 0) is 124 Å². The first-order valence-electron chi connectivity index (χ1n) is 28.0. The van der Waals surface area contributed by atoms with Crippen LogP contribution in [0.1, 0.15) is 0 Å². The number of rotatable bonds is 6. The van der Waals surface area contributed by atoms with Crippen molar-refractivity contribution >= 4 is 98.0 Å². The molecular weight excluding hydrogens is 1020 g/mol. The number of nitrogens with zero attached hydrogens (tertiary/aromatic N) is 8. The van der Waals surface area contributed by atoms with E-state index in [1.54, 1.807) is 0 Å². The third-order valence-electron chi connectivity index (χ3n) is 15.9. The van der Waals surface area contributed by atoms with Crippen molar-refractivity contribution in [2.24, 2.45) is 0 Å². The Kier molecular flexibility index (Phi) is 11.7. The van der Waals surface area contributed by atoms with Gasteiger partial charge in [0.2, 0.25) is 0 Å². The standard InChI is InChI=1S/C40H24N4.C36H22N4/c1-2-5-29-22-32(12-7-25(29)4-1)35-18-16-33-23-30(15-17-34(33)42-35)31-11-8-26-13-19-36(43-38(26)24-31)37-20-14-28-10-9-27-6-3-21-41-39(27)40(28)44-37;1-2-5-23(6-3-1)30-17-15-29-21-27(14-16-31(29)38-30)28-11-8-24-12-18-32(39-34(24)22-28)33-19-13-26-10-9-25-7-4-20-37-35(25)36(26)40-33/h1-24H;1-22H. The average molecular weight is 1070 g/mol. The average Bonchev–Trinajstić information content (AvgIpc) is 3.70. The zero-order valence-corrected chi connectivity index (χ0v) is 45.1. The maximum atomic E-state index is 5.05. The Balaban J connectivity index is 0.000000138. The van der Waals surface area contributed by atoms with Crippen LogP contribution in [-0.2, 0) is 0 Å². The van der Waals surface area contributed by atoms with Crippen molar-refractivity contribution in [2.45, 2.75) is 0 Å². The van der Waals surface area contributed by atoms with Gasteiger partial charge in [-0.15, -0.1) is 0 Å². The Hall–Kier alpha value is -11.5. The first-order valence-corrected chi connectivity index (χ1v) is 28.0. The summed E-state index contributed by atoms with van der Waals surface area (Å²) < 4.78 is 0. The van der Waals surface area contributed by atoms with Gasteiger partial charge in [-0.2, -0.15) is 0 Å². The van der Waals surface area contributed by atoms with Crippen molar-refractivity contribution in [2.75, 3.05) is 0 Å². The molecule has 0 aliphatic heterocycles. The minimum absolute atomic E-state index is 0.835. The summed E-state index contributed by atoms with van der Waals surface area (Å²) in [4.78, 5) is 39.2. The van der Waals surface area contributed by atoms with Crippen LogP contribution in [0, 0.1) is 0 Å². The van der Waals surface area contributed by atoms with Crippen LogP contribution in [0.2, 0.25) is 0 Å². The summed E-state index contributed by atoms with van der Waals surface area (Å²) in [6.07, 6.45) is 3.63. The minimum atomic E-state index is 0.835. The number of fused-ring (bicyclic) bond motifs is 11. The van der Waals surface area contributed by atoms with Gasteiger partial charge in [0, 0.05) is 66.6 Å². The lowest BCUT2D eigenvalue weighted by molar-refractivity contribution is 1.31. The van der Waals surface area contributed by atoms with Crippen molar-refractivity contribution in [3.63, 3.8) is 0 Å². The molecule has 0 N–H and O–H groups in total. The summed E-state index contributed by atoms with van der Waals surface area (Å²) in [6.45, 7) is 0. The monoisotopic (exact) mass is 1070 g/mol.